The maximum Gasteiger partial charge on any atom is 0.0329 e. The highest BCUT2D eigenvalue weighted by Gasteiger charge is 2.28. The standard InChI is InChI=1S/C15H23N/c1-11(2)6-5-8-13-10-12-7-3-4-9-14(12)15(13)16/h3-4,7,9,11,13,15H,5-6,8,10,16H2,1-2H3. The van der Waals surface area contributed by atoms with Gasteiger partial charge in [0.2, 0.25) is 0 Å². The summed E-state index contributed by atoms with van der Waals surface area (Å²) >= 11 is 0. The molecule has 0 radical (unpaired) electrons. The molecule has 16 heavy (non-hydrogen) atoms. The molecule has 0 saturated carbocycles. The van der Waals surface area contributed by atoms with Crippen LogP contribution in [0.4, 0.5) is 0 Å². The van der Waals surface area contributed by atoms with Gasteiger partial charge in [-0.25, -0.2) is 0 Å². The molecule has 0 aromatic heterocycles. The Labute approximate surface area is 99.0 Å². The Hall–Kier alpha value is -0.820. The minimum Gasteiger partial charge on any atom is -0.324 e. The van der Waals surface area contributed by atoms with Crippen molar-refractivity contribution < 1.29 is 0 Å². The van der Waals surface area contributed by atoms with E-state index in [1.807, 2.05) is 0 Å². The molecule has 1 heteroatoms. The van der Waals surface area contributed by atoms with Crippen LogP contribution in [0.25, 0.3) is 0 Å². The molecule has 1 aromatic carbocycles. The van der Waals surface area contributed by atoms with Crippen molar-refractivity contribution in [2.24, 2.45) is 17.6 Å². The van der Waals surface area contributed by atoms with Crippen molar-refractivity contribution in [3.05, 3.63) is 35.4 Å². The molecule has 0 aliphatic heterocycles. The number of benzene rings is 1. The average Bonchev–Trinajstić information content (AvgIpc) is 2.56. The van der Waals surface area contributed by atoms with Crippen LogP contribution in [0.15, 0.2) is 24.3 Å². The van der Waals surface area contributed by atoms with E-state index in [1.165, 1.54) is 36.8 Å². The van der Waals surface area contributed by atoms with Crippen LogP contribution in [0, 0.1) is 11.8 Å². The van der Waals surface area contributed by atoms with Crippen molar-refractivity contribution in [1.29, 1.82) is 0 Å². The molecular formula is C15H23N. The second kappa shape index (κ2) is 5.01. The third-order valence-corrected chi connectivity index (χ3v) is 3.76. The maximum absolute atomic E-state index is 6.31. The Morgan fingerprint density at radius 3 is 2.75 bits per heavy atom. The average molecular weight is 217 g/mol. The molecule has 1 aromatic rings. The number of rotatable bonds is 4. The van der Waals surface area contributed by atoms with Crippen LogP contribution in [0.3, 0.4) is 0 Å². The van der Waals surface area contributed by atoms with Crippen molar-refractivity contribution in [2.45, 2.75) is 45.6 Å². The summed E-state index contributed by atoms with van der Waals surface area (Å²) in [5.41, 5.74) is 9.17. The van der Waals surface area contributed by atoms with Crippen LogP contribution in [0.2, 0.25) is 0 Å². The van der Waals surface area contributed by atoms with E-state index in [2.05, 4.69) is 38.1 Å². The molecule has 0 bridgehead atoms. The minimum atomic E-state index is 0.281. The van der Waals surface area contributed by atoms with Crippen LogP contribution < -0.4 is 5.73 Å². The third-order valence-electron chi connectivity index (χ3n) is 3.76. The van der Waals surface area contributed by atoms with Gasteiger partial charge in [-0.3, -0.25) is 0 Å². The van der Waals surface area contributed by atoms with E-state index >= 15 is 0 Å². The fourth-order valence-corrected chi connectivity index (χ4v) is 2.78. The van der Waals surface area contributed by atoms with E-state index in [0.29, 0.717) is 5.92 Å². The summed E-state index contributed by atoms with van der Waals surface area (Å²) in [7, 11) is 0. The SMILES string of the molecule is CC(C)CCCC1Cc2ccccc2C1N. The van der Waals surface area contributed by atoms with Gasteiger partial charge in [0, 0.05) is 6.04 Å². The molecule has 88 valence electrons. The summed E-state index contributed by atoms with van der Waals surface area (Å²) in [6.45, 7) is 4.59. The summed E-state index contributed by atoms with van der Waals surface area (Å²) < 4.78 is 0. The summed E-state index contributed by atoms with van der Waals surface area (Å²) in [6, 6.07) is 8.94. The Morgan fingerprint density at radius 1 is 1.31 bits per heavy atom. The lowest BCUT2D eigenvalue weighted by Crippen LogP contribution is -2.16. The van der Waals surface area contributed by atoms with Gasteiger partial charge in [-0.05, 0) is 35.8 Å². The highest BCUT2D eigenvalue weighted by molar-refractivity contribution is 5.35. The van der Waals surface area contributed by atoms with E-state index in [1.54, 1.807) is 0 Å². The van der Waals surface area contributed by atoms with Crippen molar-refractivity contribution in [3.63, 3.8) is 0 Å². The first-order valence-corrected chi connectivity index (χ1v) is 6.52. The quantitative estimate of drug-likeness (QED) is 0.818. The van der Waals surface area contributed by atoms with E-state index in [4.69, 9.17) is 5.73 Å². The second-order valence-corrected chi connectivity index (χ2v) is 5.51. The van der Waals surface area contributed by atoms with Gasteiger partial charge in [0.05, 0.1) is 0 Å². The highest BCUT2D eigenvalue weighted by Crippen LogP contribution is 2.37. The van der Waals surface area contributed by atoms with Gasteiger partial charge in [0.15, 0.2) is 0 Å². The van der Waals surface area contributed by atoms with Gasteiger partial charge in [-0.15, -0.1) is 0 Å². The Bertz CT molecular complexity index is 343. The fraction of sp³-hybridized carbons (Fsp3) is 0.600. The lowest BCUT2D eigenvalue weighted by atomic mass is 9.93. The monoisotopic (exact) mass is 217 g/mol. The number of hydrogen-bond donors (Lipinski definition) is 1. The van der Waals surface area contributed by atoms with E-state index in [-0.39, 0.29) is 6.04 Å². The molecule has 2 rings (SSSR count). The first-order valence-electron chi connectivity index (χ1n) is 6.52. The number of hydrogen-bond acceptors (Lipinski definition) is 1. The molecule has 0 amide bonds. The van der Waals surface area contributed by atoms with Gasteiger partial charge in [0.1, 0.15) is 0 Å². The summed E-state index contributed by atoms with van der Waals surface area (Å²) in [4.78, 5) is 0. The minimum absolute atomic E-state index is 0.281. The fourth-order valence-electron chi connectivity index (χ4n) is 2.78. The van der Waals surface area contributed by atoms with Crippen LogP contribution in [0.5, 0.6) is 0 Å². The number of fused-ring (bicyclic) bond motifs is 1. The van der Waals surface area contributed by atoms with Gasteiger partial charge in [0.25, 0.3) is 0 Å². The van der Waals surface area contributed by atoms with E-state index in [0.717, 1.165) is 5.92 Å². The van der Waals surface area contributed by atoms with Crippen LogP contribution in [-0.4, -0.2) is 0 Å². The van der Waals surface area contributed by atoms with Crippen molar-refractivity contribution >= 4 is 0 Å². The van der Waals surface area contributed by atoms with Crippen LogP contribution in [-0.2, 0) is 6.42 Å². The third kappa shape index (κ3) is 2.46. The van der Waals surface area contributed by atoms with Crippen molar-refractivity contribution in [2.75, 3.05) is 0 Å². The zero-order valence-corrected chi connectivity index (χ0v) is 10.4. The molecule has 1 aliphatic rings. The smallest absolute Gasteiger partial charge is 0.0329 e. The van der Waals surface area contributed by atoms with Crippen LogP contribution in [0.1, 0.15) is 50.3 Å². The molecule has 2 unspecified atom stereocenters. The normalized spacial score (nSPS) is 23.8. The molecular weight excluding hydrogens is 194 g/mol. The largest absolute Gasteiger partial charge is 0.324 e. The van der Waals surface area contributed by atoms with Crippen LogP contribution >= 0.6 is 0 Å². The van der Waals surface area contributed by atoms with Gasteiger partial charge >= 0.3 is 0 Å². The molecule has 2 N–H and O–H groups in total. The zero-order chi connectivity index (χ0) is 11.5. The first-order chi connectivity index (χ1) is 7.68. The Morgan fingerprint density at radius 2 is 2.06 bits per heavy atom. The van der Waals surface area contributed by atoms with Crippen molar-refractivity contribution in [1.82, 2.24) is 0 Å². The van der Waals surface area contributed by atoms with Gasteiger partial charge < -0.3 is 5.73 Å². The van der Waals surface area contributed by atoms with E-state index in [9.17, 15) is 0 Å². The predicted octanol–water partition coefficient (Wildman–Crippen LogP) is 3.69. The molecule has 0 spiro atoms. The summed E-state index contributed by atoms with van der Waals surface area (Å²) in [5, 5.41) is 0. The van der Waals surface area contributed by atoms with Crippen molar-refractivity contribution in [3.8, 4) is 0 Å². The molecule has 2 atom stereocenters. The Kier molecular flexibility index (Phi) is 3.65. The summed E-state index contributed by atoms with van der Waals surface area (Å²) in [5.74, 6) is 1.50. The molecule has 1 nitrogen and oxygen atoms in total. The number of nitrogens with two attached hydrogens (primary N) is 1. The van der Waals surface area contributed by atoms with E-state index < -0.39 is 0 Å². The maximum atomic E-state index is 6.31. The Balaban J connectivity index is 1.92. The molecule has 0 saturated heterocycles. The topological polar surface area (TPSA) is 26.0 Å². The van der Waals surface area contributed by atoms with Gasteiger partial charge in [-0.1, -0.05) is 51.0 Å². The molecule has 1 aliphatic carbocycles. The molecule has 0 fully saturated rings. The molecule has 0 heterocycles. The predicted molar refractivity (Wildman–Crippen MR) is 69.3 cm³/mol. The van der Waals surface area contributed by atoms with Gasteiger partial charge in [-0.2, -0.15) is 0 Å². The lowest BCUT2D eigenvalue weighted by Gasteiger charge is -2.16. The lowest BCUT2D eigenvalue weighted by molar-refractivity contribution is 0.397. The summed E-state index contributed by atoms with van der Waals surface area (Å²) in [6.07, 6.45) is 5.13. The first kappa shape index (κ1) is 11.7. The highest BCUT2D eigenvalue weighted by atomic mass is 14.7. The zero-order valence-electron chi connectivity index (χ0n) is 10.4. The second-order valence-electron chi connectivity index (χ2n) is 5.51.